The number of nitriles is 1. The fourth-order valence-electron chi connectivity index (χ4n) is 3.52. The maximum absolute atomic E-state index is 12.0. The molecule has 0 amide bonds. The minimum atomic E-state index is -0.568. The number of nitro groups is 2. The average molecular weight is 584 g/mol. The third kappa shape index (κ3) is 8.47. The fourth-order valence-corrected chi connectivity index (χ4v) is 3.52. The second kappa shape index (κ2) is 14.2. The van der Waals surface area contributed by atoms with Crippen molar-refractivity contribution in [2.24, 2.45) is 0 Å². The molecule has 0 saturated carbocycles. The molecule has 0 saturated heterocycles. The highest BCUT2D eigenvalue weighted by Gasteiger charge is 2.11. The van der Waals surface area contributed by atoms with Gasteiger partial charge in [-0.25, -0.2) is 4.79 Å². The van der Waals surface area contributed by atoms with E-state index in [0.717, 1.165) is 11.6 Å². The number of nitrogens with zero attached hydrogens (tertiary/aromatic N) is 3. The Balaban J connectivity index is 0.000000195. The van der Waals surface area contributed by atoms with Gasteiger partial charge in [-0.05, 0) is 53.6 Å². The fraction of sp³-hybridized carbons (Fsp3) is 0.0333. The second-order valence-corrected chi connectivity index (χ2v) is 8.59. The highest BCUT2D eigenvalue weighted by atomic mass is 16.6. The molecule has 13 nitrogen and oxygen atoms in total. The van der Waals surface area contributed by atoms with Gasteiger partial charge in [-0.15, -0.1) is 0 Å². The molecule has 0 fully saturated rings. The molecular weight excluding hydrogens is 562 g/mol. The Morgan fingerprint density at radius 2 is 1.35 bits per heavy atom. The van der Waals surface area contributed by atoms with Crippen LogP contribution in [0.1, 0.15) is 15.9 Å². The van der Waals surface area contributed by atoms with E-state index in [1.165, 1.54) is 60.7 Å². The van der Waals surface area contributed by atoms with Gasteiger partial charge < -0.3 is 19.7 Å². The maximum Gasteiger partial charge on any atom is 0.344 e. The zero-order valence-electron chi connectivity index (χ0n) is 22.0. The van der Waals surface area contributed by atoms with Gasteiger partial charge in [-0.2, -0.15) is 5.26 Å². The Morgan fingerprint density at radius 3 is 1.88 bits per heavy atom. The molecule has 13 heteroatoms. The van der Waals surface area contributed by atoms with Crippen LogP contribution in [0, 0.1) is 31.6 Å². The highest BCUT2D eigenvalue weighted by Crippen LogP contribution is 2.25. The topological polar surface area (TPSA) is 218 Å². The van der Waals surface area contributed by atoms with Crippen LogP contribution in [-0.4, -0.2) is 31.5 Å². The first kappa shape index (κ1) is 31.0. The van der Waals surface area contributed by atoms with E-state index in [1.807, 2.05) is 6.07 Å². The molecular formula is C30H21N3O10. The van der Waals surface area contributed by atoms with Gasteiger partial charge in [0.25, 0.3) is 11.4 Å². The van der Waals surface area contributed by atoms with Crippen LogP contribution in [0.25, 0.3) is 22.1 Å². The van der Waals surface area contributed by atoms with E-state index in [0.29, 0.717) is 22.8 Å². The number of hydrogen-bond donors (Lipinski definition) is 3. The van der Waals surface area contributed by atoms with Crippen molar-refractivity contribution in [3.63, 3.8) is 0 Å². The predicted octanol–water partition coefficient (Wildman–Crippen LogP) is 5.64. The molecule has 5 aromatic rings. The smallest absolute Gasteiger partial charge is 0.344 e. The van der Waals surface area contributed by atoms with Crippen molar-refractivity contribution in [3.8, 4) is 34.4 Å². The summed E-state index contributed by atoms with van der Waals surface area (Å²) in [6, 6.07) is 23.5. The van der Waals surface area contributed by atoms with Crippen LogP contribution in [0.4, 0.5) is 11.4 Å². The van der Waals surface area contributed by atoms with Crippen LogP contribution in [0.2, 0.25) is 0 Å². The van der Waals surface area contributed by atoms with Crippen molar-refractivity contribution in [2.45, 2.75) is 6.42 Å². The molecule has 1 aromatic heterocycles. The van der Waals surface area contributed by atoms with Crippen molar-refractivity contribution < 1.29 is 34.4 Å². The molecule has 0 bridgehead atoms. The first-order valence-corrected chi connectivity index (χ1v) is 12.1. The molecule has 0 unspecified atom stereocenters. The largest absolute Gasteiger partial charge is 0.508 e. The number of benzene rings is 4. The lowest BCUT2D eigenvalue weighted by atomic mass is 10.1. The quantitative estimate of drug-likeness (QED) is 0.0993. The van der Waals surface area contributed by atoms with Crippen molar-refractivity contribution in [1.82, 2.24) is 0 Å². The zero-order valence-corrected chi connectivity index (χ0v) is 22.0. The number of rotatable bonds is 5. The molecule has 0 radical (unpaired) electrons. The summed E-state index contributed by atoms with van der Waals surface area (Å²) in [7, 11) is 0. The normalized spacial score (nSPS) is 9.84. The number of phenolic OH excluding ortho intramolecular Hbond substituents is 3. The molecule has 0 aliphatic carbocycles. The van der Waals surface area contributed by atoms with E-state index < -0.39 is 15.5 Å². The number of carbonyl (C=O) groups excluding carboxylic acids is 1. The van der Waals surface area contributed by atoms with Crippen LogP contribution in [0.5, 0.6) is 17.2 Å². The predicted molar refractivity (Wildman–Crippen MR) is 154 cm³/mol. The van der Waals surface area contributed by atoms with Crippen molar-refractivity contribution >= 4 is 28.6 Å². The number of non-ortho nitro benzene ring substituents is 2. The molecule has 3 N–H and O–H groups in total. The lowest BCUT2D eigenvalue weighted by Gasteiger charge is -2.03. The second-order valence-electron chi connectivity index (χ2n) is 8.59. The van der Waals surface area contributed by atoms with Crippen LogP contribution < -0.4 is 5.63 Å². The van der Waals surface area contributed by atoms with Crippen molar-refractivity contribution in [2.75, 3.05) is 0 Å². The number of fused-ring (bicyclic) bond motifs is 1. The lowest BCUT2D eigenvalue weighted by molar-refractivity contribution is -0.385. The van der Waals surface area contributed by atoms with Crippen LogP contribution in [0.15, 0.2) is 100 Å². The van der Waals surface area contributed by atoms with Gasteiger partial charge in [0, 0.05) is 41.8 Å². The van der Waals surface area contributed by atoms with E-state index in [9.17, 15) is 34.9 Å². The Labute approximate surface area is 242 Å². The van der Waals surface area contributed by atoms with Gasteiger partial charge in [-0.3, -0.25) is 25.0 Å². The van der Waals surface area contributed by atoms with Gasteiger partial charge in [0.2, 0.25) is 0 Å². The van der Waals surface area contributed by atoms with Crippen molar-refractivity contribution in [1.29, 1.82) is 5.26 Å². The highest BCUT2D eigenvalue weighted by molar-refractivity contribution is 5.83. The molecule has 0 spiro atoms. The first-order valence-electron chi connectivity index (χ1n) is 12.1. The van der Waals surface area contributed by atoms with Crippen LogP contribution in [0.3, 0.4) is 0 Å². The Bertz CT molecular complexity index is 1880. The Kier molecular flexibility index (Phi) is 10.2. The number of nitro benzene ring substituents is 2. The van der Waals surface area contributed by atoms with E-state index in [-0.39, 0.29) is 46.2 Å². The van der Waals surface area contributed by atoms with Gasteiger partial charge >= 0.3 is 5.63 Å². The number of hydrogen-bond acceptors (Lipinski definition) is 11. The summed E-state index contributed by atoms with van der Waals surface area (Å²) in [6.07, 6.45) is 0.812. The lowest BCUT2D eigenvalue weighted by Crippen LogP contribution is -2.02. The molecule has 5 rings (SSSR count). The molecule has 43 heavy (non-hydrogen) atoms. The minimum absolute atomic E-state index is 0.00809. The molecule has 0 aliphatic heterocycles. The minimum Gasteiger partial charge on any atom is -0.508 e. The molecule has 0 aliphatic rings. The average Bonchev–Trinajstić information content (AvgIpc) is 2.98. The molecule has 216 valence electrons. The summed E-state index contributed by atoms with van der Waals surface area (Å²) in [5.41, 5.74) is 1.53. The van der Waals surface area contributed by atoms with Crippen LogP contribution in [-0.2, 0) is 6.42 Å². The van der Waals surface area contributed by atoms with E-state index >= 15 is 0 Å². The van der Waals surface area contributed by atoms with Gasteiger partial charge in [0.05, 0.1) is 33.5 Å². The number of aldehydes is 1. The number of phenols is 3. The molecule has 4 aromatic carbocycles. The Morgan fingerprint density at radius 1 is 0.791 bits per heavy atom. The van der Waals surface area contributed by atoms with E-state index in [4.69, 9.17) is 19.9 Å². The Hall–Kier alpha value is -6.55. The van der Waals surface area contributed by atoms with Gasteiger partial charge in [-0.1, -0.05) is 12.1 Å². The third-order valence-corrected chi connectivity index (χ3v) is 5.68. The SMILES string of the molecule is N#CCc1ccc([N+](=O)[O-])cc1.O=Cc1ccc(O)cc1O.O=c1oc2cc(O)ccc2cc1-c1ccc([N+](=O)[O-])cc1. The monoisotopic (exact) mass is 583 g/mol. The summed E-state index contributed by atoms with van der Waals surface area (Å²) in [5.74, 6) is -0.244. The van der Waals surface area contributed by atoms with Crippen molar-refractivity contribution in [3.05, 3.63) is 133 Å². The summed E-state index contributed by atoms with van der Waals surface area (Å²) < 4.78 is 5.16. The molecule has 0 atom stereocenters. The van der Waals surface area contributed by atoms with Gasteiger partial charge in [0.15, 0.2) is 6.29 Å². The van der Waals surface area contributed by atoms with E-state index in [1.54, 1.807) is 24.3 Å². The van der Waals surface area contributed by atoms with Crippen LogP contribution >= 0.6 is 0 Å². The maximum atomic E-state index is 12.0. The van der Waals surface area contributed by atoms with E-state index in [2.05, 4.69) is 0 Å². The summed E-state index contributed by atoms with van der Waals surface area (Å²) in [5, 5.41) is 56.8. The summed E-state index contributed by atoms with van der Waals surface area (Å²) >= 11 is 0. The standard InChI is InChI=1S/C15H9NO5.C8H6N2O2.C7H6O3/c17-12-6-3-10-7-13(15(18)21-14(10)8-12)9-1-4-11(5-2-9)16(19)20;9-6-5-7-1-3-8(4-2-7)10(11)12;8-4-5-1-2-6(9)3-7(5)10/h1-8,17H;1-4H,5H2;1-4,9-10H. The zero-order chi connectivity index (χ0) is 31.5. The third-order valence-electron chi connectivity index (χ3n) is 5.68. The summed E-state index contributed by atoms with van der Waals surface area (Å²) in [6.45, 7) is 0. The molecule has 1 heterocycles. The first-order chi connectivity index (χ1) is 20.5. The van der Waals surface area contributed by atoms with Gasteiger partial charge in [0.1, 0.15) is 22.8 Å². The number of aromatic hydroxyl groups is 3. The summed E-state index contributed by atoms with van der Waals surface area (Å²) in [4.78, 5) is 41.9. The number of carbonyl (C=O) groups is 1.